The summed E-state index contributed by atoms with van der Waals surface area (Å²) in [5, 5.41) is 13.3. The van der Waals surface area contributed by atoms with Gasteiger partial charge in [0.15, 0.2) is 6.04 Å². The number of aliphatic carboxylic acids is 1. The fourth-order valence-electron chi connectivity index (χ4n) is 1.71. The molecular weight excluding hydrogens is 281 g/mol. The smallest absolute Gasteiger partial charge is 0.331 e. The first-order valence-electron chi connectivity index (χ1n) is 5.86. The number of carbonyl (C=O) groups is 2. The van der Waals surface area contributed by atoms with Crippen molar-refractivity contribution in [2.75, 3.05) is 0 Å². The Bertz CT molecular complexity index is 595. The van der Waals surface area contributed by atoms with Crippen LogP contribution in [0.2, 0.25) is 0 Å². The lowest BCUT2D eigenvalue weighted by molar-refractivity contribution is -0.141. The van der Waals surface area contributed by atoms with Crippen LogP contribution in [-0.4, -0.2) is 17.0 Å². The fourth-order valence-corrected chi connectivity index (χ4v) is 2.48. The van der Waals surface area contributed by atoms with Crippen LogP contribution < -0.4 is 5.32 Å². The number of amides is 1. The van der Waals surface area contributed by atoms with E-state index in [4.69, 9.17) is 5.11 Å². The summed E-state index contributed by atoms with van der Waals surface area (Å²) in [5.41, 5.74) is 0.624. The predicted octanol–water partition coefficient (Wildman–Crippen LogP) is 2.37. The van der Waals surface area contributed by atoms with Crippen LogP contribution in [0.3, 0.4) is 0 Å². The van der Waals surface area contributed by atoms with E-state index in [-0.39, 0.29) is 12.2 Å². The Kier molecular flexibility index (Phi) is 4.47. The number of nitrogens with one attached hydrogen (secondary N) is 1. The molecule has 1 aromatic heterocycles. The van der Waals surface area contributed by atoms with E-state index in [0.29, 0.717) is 10.4 Å². The third-order valence-electron chi connectivity index (χ3n) is 2.66. The molecule has 4 nitrogen and oxygen atoms in total. The van der Waals surface area contributed by atoms with Gasteiger partial charge in [-0.3, -0.25) is 4.79 Å². The molecule has 1 atom stereocenters. The molecule has 6 heteroatoms. The molecular formula is C14H12FNO3S. The van der Waals surface area contributed by atoms with Crippen molar-refractivity contribution >= 4 is 23.2 Å². The molecule has 0 fully saturated rings. The minimum Gasteiger partial charge on any atom is -0.479 e. The van der Waals surface area contributed by atoms with E-state index in [2.05, 4.69) is 5.32 Å². The van der Waals surface area contributed by atoms with Crippen molar-refractivity contribution in [3.05, 3.63) is 58.0 Å². The molecule has 104 valence electrons. The van der Waals surface area contributed by atoms with E-state index in [1.54, 1.807) is 17.5 Å². The molecule has 0 bridgehead atoms. The standard InChI is InChI=1S/C14H12FNO3S/c15-10-5-3-9(4-6-10)8-12(17)16-13(14(18)19)11-2-1-7-20-11/h1-7,13H,8H2,(H,16,17)(H,18,19). The van der Waals surface area contributed by atoms with E-state index in [0.717, 1.165) is 0 Å². The predicted molar refractivity (Wildman–Crippen MR) is 72.9 cm³/mol. The first-order chi connectivity index (χ1) is 9.56. The third kappa shape index (κ3) is 3.64. The van der Waals surface area contributed by atoms with Gasteiger partial charge in [-0.25, -0.2) is 9.18 Å². The van der Waals surface area contributed by atoms with Gasteiger partial charge in [-0.1, -0.05) is 18.2 Å². The molecule has 1 amide bonds. The molecule has 0 aliphatic rings. The summed E-state index contributed by atoms with van der Waals surface area (Å²) in [7, 11) is 0. The molecule has 0 radical (unpaired) electrons. The van der Waals surface area contributed by atoms with Gasteiger partial charge < -0.3 is 10.4 Å². The zero-order valence-corrected chi connectivity index (χ0v) is 11.2. The minimum absolute atomic E-state index is 0.00936. The summed E-state index contributed by atoms with van der Waals surface area (Å²) in [6, 6.07) is 7.84. The highest BCUT2D eigenvalue weighted by Crippen LogP contribution is 2.19. The molecule has 0 aliphatic carbocycles. The SMILES string of the molecule is O=C(Cc1ccc(F)cc1)NC(C(=O)O)c1cccs1. The van der Waals surface area contributed by atoms with E-state index in [1.165, 1.54) is 35.6 Å². The highest BCUT2D eigenvalue weighted by molar-refractivity contribution is 7.10. The molecule has 2 aromatic rings. The van der Waals surface area contributed by atoms with Gasteiger partial charge in [-0.05, 0) is 29.1 Å². The second-order valence-electron chi connectivity index (χ2n) is 4.16. The Morgan fingerprint density at radius 3 is 2.50 bits per heavy atom. The number of carboxylic acids is 1. The van der Waals surface area contributed by atoms with E-state index in [9.17, 15) is 14.0 Å². The second kappa shape index (κ2) is 6.29. The number of rotatable bonds is 5. The molecule has 1 heterocycles. The van der Waals surface area contributed by atoms with Gasteiger partial charge >= 0.3 is 5.97 Å². The monoisotopic (exact) mass is 293 g/mol. The van der Waals surface area contributed by atoms with Crippen LogP contribution in [0.25, 0.3) is 0 Å². The zero-order chi connectivity index (χ0) is 14.5. The maximum Gasteiger partial charge on any atom is 0.331 e. The van der Waals surface area contributed by atoms with Gasteiger partial charge in [0.25, 0.3) is 0 Å². The maximum atomic E-state index is 12.7. The van der Waals surface area contributed by atoms with Crippen LogP contribution in [0.15, 0.2) is 41.8 Å². The maximum absolute atomic E-state index is 12.7. The Labute approximate surface area is 118 Å². The van der Waals surface area contributed by atoms with Crippen molar-refractivity contribution in [2.45, 2.75) is 12.5 Å². The quantitative estimate of drug-likeness (QED) is 0.889. The molecule has 2 rings (SSSR count). The molecule has 2 N–H and O–H groups in total. The van der Waals surface area contributed by atoms with Crippen molar-refractivity contribution in [3.8, 4) is 0 Å². The third-order valence-corrected chi connectivity index (χ3v) is 3.60. The van der Waals surface area contributed by atoms with Crippen molar-refractivity contribution < 1.29 is 19.1 Å². The van der Waals surface area contributed by atoms with Crippen LogP contribution >= 0.6 is 11.3 Å². The number of thiophene rings is 1. The molecule has 0 spiro atoms. The van der Waals surface area contributed by atoms with Crippen LogP contribution in [0.5, 0.6) is 0 Å². The van der Waals surface area contributed by atoms with Crippen molar-refractivity contribution in [1.82, 2.24) is 5.32 Å². The molecule has 1 unspecified atom stereocenters. The number of hydrogen-bond acceptors (Lipinski definition) is 3. The normalized spacial score (nSPS) is 11.8. The Morgan fingerprint density at radius 2 is 1.95 bits per heavy atom. The Morgan fingerprint density at radius 1 is 1.25 bits per heavy atom. The Balaban J connectivity index is 2.02. The first kappa shape index (κ1) is 14.2. The summed E-state index contributed by atoms with van der Waals surface area (Å²) in [6.45, 7) is 0. The highest BCUT2D eigenvalue weighted by atomic mass is 32.1. The average Bonchev–Trinajstić information content (AvgIpc) is 2.92. The number of halogens is 1. The molecule has 0 saturated carbocycles. The molecule has 0 aliphatic heterocycles. The lowest BCUT2D eigenvalue weighted by Crippen LogP contribution is -2.34. The topological polar surface area (TPSA) is 66.4 Å². The average molecular weight is 293 g/mol. The van der Waals surface area contributed by atoms with Gasteiger partial charge in [0.1, 0.15) is 5.82 Å². The summed E-state index contributed by atoms with van der Waals surface area (Å²) < 4.78 is 12.7. The Hall–Kier alpha value is -2.21. The van der Waals surface area contributed by atoms with Crippen molar-refractivity contribution in [3.63, 3.8) is 0 Å². The van der Waals surface area contributed by atoms with E-state index in [1.807, 2.05) is 0 Å². The van der Waals surface area contributed by atoms with Crippen molar-refractivity contribution in [1.29, 1.82) is 0 Å². The second-order valence-corrected chi connectivity index (χ2v) is 5.14. The summed E-state index contributed by atoms with van der Waals surface area (Å²) >= 11 is 1.26. The van der Waals surface area contributed by atoms with Crippen LogP contribution in [0.4, 0.5) is 4.39 Å². The lowest BCUT2D eigenvalue weighted by Gasteiger charge is -2.13. The van der Waals surface area contributed by atoms with Crippen LogP contribution in [0.1, 0.15) is 16.5 Å². The summed E-state index contributed by atoms with van der Waals surface area (Å²) in [6.07, 6.45) is 0.00936. The number of hydrogen-bond donors (Lipinski definition) is 2. The van der Waals surface area contributed by atoms with Gasteiger partial charge in [-0.2, -0.15) is 0 Å². The van der Waals surface area contributed by atoms with Gasteiger partial charge in [-0.15, -0.1) is 11.3 Å². The summed E-state index contributed by atoms with van der Waals surface area (Å²) in [4.78, 5) is 23.6. The number of carbonyl (C=O) groups excluding carboxylic acids is 1. The zero-order valence-electron chi connectivity index (χ0n) is 10.4. The van der Waals surface area contributed by atoms with Gasteiger partial charge in [0.05, 0.1) is 6.42 Å². The molecule has 20 heavy (non-hydrogen) atoms. The highest BCUT2D eigenvalue weighted by Gasteiger charge is 2.22. The molecule has 0 saturated heterocycles. The van der Waals surface area contributed by atoms with Crippen LogP contribution in [0, 0.1) is 5.82 Å². The molecule has 1 aromatic carbocycles. The first-order valence-corrected chi connectivity index (χ1v) is 6.74. The van der Waals surface area contributed by atoms with Gasteiger partial charge in [0.2, 0.25) is 5.91 Å². The number of benzene rings is 1. The number of carboxylic acid groups (broad SMARTS) is 1. The van der Waals surface area contributed by atoms with Gasteiger partial charge in [0, 0.05) is 4.88 Å². The largest absolute Gasteiger partial charge is 0.479 e. The fraction of sp³-hybridized carbons (Fsp3) is 0.143. The summed E-state index contributed by atoms with van der Waals surface area (Å²) in [5.74, 6) is -1.91. The van der Waals surface area contributed by atoms with Crippen molar-refractivity contribution in [2.24, 2.45) is 0 Å². The van der Waals surface area contributed by atoms with E-state index >= 15 is 0 Å². The minimum atomic E-state index is -1.11. The van der Waals surface area contributed by atoms with Crippen LogP contribution in [-0.2, 0) is 16.0 Å². The van der Waals surface area contributed by atoms with E-state index < -0.39 is 17.9 Å². The lowest BCUT2D eigenvalue weighted by atomic mass is 10.1.